The third kappa shape index (κ3) is 4.08. The van der Waals surface area contributed by atoms with Crippen LogP contribution in [0, 0.1) is 0 Å². The molecule has 0 saturated heterocycles. The summed E-state index contributed by atoms with van der Waals surface area (Å²) in [7, 11) is 0. The summed E-state index contributed by atoms with van der Waals surface area (Å²) in [6.45, 7) is 1.84. The lowest BCUT2D eigenvalue weighted by atomic mass is 9.96. The first-order valence-electron chi connectivity index (χ1n) is 10.2. The number of aromatic nitrogens is 4. The average Bonchev–Trinajstić information content (AvgIpc) is 3.22. The number of para-hydroxylation sites is 1. The number of allylic oxidation sites excluding steroid dienone is 1. The van der Waals surface area contributed by atoms with Crippen molar-refractivity contribution in [1.82, 2.24) is 19.7 Å². The van der Waals surface area contributed by atoms with E-state index in [2.05, 4.69) is 20.6 Å². The number of nitrogens with zero attached hydrogens (tertiary/aromatic N) is 4. The van der Waals surface area contributed by atoms with E-state index in [9.17, 15) is 4.79 Å². The first-order valence-corrected chi connectivity index (χ1v) is 10.9. The van der Waals surface area contributed by atoms with Gasteiger partial charge in [-0.15, -0.1) is 5.10 Å². The maximum absolute atomic E-state index is 13.4. The highest BCUT2D eigenvalue weighted by Crippen LogP contribution is 2.37. The molecular weight excluding hydrogens is 459 g/mol. The number of fused-ring (bicyclic) bond motifs is 1. The van der Waals surface area contributed by atoms with Gasteiger partial charge in [0.25, 0.3) is 5.91 Å². The number of hydrogen-bond acceptors (Lipinski definition) is 5. The molecule has 0 radical (unpaired) electrons. The molecule has 164 valence electrons. The molecule has 1 amide bonds. The number of hydrogen-bond donors (Lipinski definition) is 2. The second-order valence-electron chi connectivity index (χ2n) is 7.50. The maximum atomic E-state index is 13.4. The number of carbonyl (C=O) groups is 1. The fourth-order valence-corrected chi connectivity index (χ4v) is 4.29. The van der Waals surface area contributed by atoms with Crippen LogP contribution in [0.5, 0.6) is 0 Å². The van der Waals surface area contributed by atoms with Crippen molar-refractivity contribution in [2.75, 3.05) is 10.6 Å². The van der Waals surface area contributed by atoms with Gasteiger partial charge in [-0.05, 0) is 48.9 Å². The highest BCUT2D eigenvalue weighted by atomic mass is 35.5. The van der Waals surface area contributed by atoms with Crippen LogP contribution in [-0.4, -0.2) is 25.7 Å². The lowest BCUT2D eigenvalue weighted by Crippen LogP contribution is -2.31. The van der Waals surface area contributed by atoms with Gasteiger partial charge in [-0.25, -0.2) is 4.68 Å². The van der Waals surface area contributed by atoms with Gasteiger partial charge >= 0.3 is 0 Å². The van der Waals surface area contributed by atoms with Gasteiger partial charge in [-0.1, -0.05) is 47.5 Å². The first kappa shape index (κ1) is 21.2. The predicted molar refractivity (Wildman–Crippen MR) is 129 cm³/mol. The third-order valence-corrected chi connectivity index (χ3v) is 5.85. The van der Waals surface area contributed by atoms with E-state index >= 15 is 0 Å². The van der Waals surface area contributed by atoms with Crippen LogP contribution in [0.1, 0.15) is 18.5 Å². The van der Waals surface area contributed by atoms with Crippen LogP contribution in [0.3, 0.4) is 0 Å². The Balaban J connectivity index is 1.60. The van der Waals surface area contributed by atoms with E-state index in [1.54, 1.807) is 35.3 Å². The summed E-state index contributed by atoms with van der Waals surface area (Å²) < 4.78 is 1.68. The Morgan fingerprint density at radius 2 is 1.91 bits per heavy atom. The molecule has 33 heavy (non-hydrogen) atoms. The zero-order valence-electron chi connectivity index (χ0n) is 17.5. The molecule has 1 aliphatic heterocycles. The standard InChI is InChI=1S/C24H18Cl2N6O/c1-14-20(23(33)29-17-7-3-2-4-8-17)21(15-6-5-11-27-13-15)32-24(28-14)30-22(31-32)18-10-9-16(25)12-19(18)26/h2-13,21H,1H3,(H,29,33)(H,28,30,31). The molecule has 0 bridgehead atoms. The van der Waals surface area contributed by atoms with Crippen molar-refractivity contribution in [1.29, 1.82) is 0 Å². The second kappa shape index (κ2) is 8.69. The van der Waals surface area contributed by atoms with Gasteiger partial charge in [-0.2, -0.15) is 4.98 Å². The molecule has 2 aromatic carbocycles. The zero-order valence-corrected chi connectivity index (χ0v) is 19.0. The fourth-order valence-electron chi connectivity index (χ4n) is 3.80. The number of rotatable bonds is 4. The van der Waals surface area contributed by atoms with Gasteiger partial charge in [0.2, 0.25) is 5.95 Å². The molecule has 2 N–H and O–H groups in total. The van der Waals surface area contributed by atoms with Crippen molar-refractivity contribution in [2.45, 2.75) is 13.0 Å². The van der Waals surface area contributed by atoms with Gasteiger partial charge in [-0.3, -0.25) is 9.78 Å². The molecule has 0 fully saturated rings. The minimum absolute atomic E-state index is 0.243. The molecule has 1 unspecified atom stereocenters. The molecule has 1 aliphatic rings. The molecule has 4 aromatic rings. The summed E-state index contributed by atoms with van der Waals surface area (Å²) in [5.74, 6) is 0.677. The summed E-state index contributed by atoms with van der Waals surface area (Å²) in [6.07, 6.45) is 3.41. The van der Waals surface area contributed by atoms with Crippen molar-refractivity contribution < 1.29 is 4.79 Å². The monoisotopic (exact) mass is 476 g/mol. The van der Waals surface area contributed by atoms with Crippen LogP contribution < -0.4 is 10.6 Å². The van der Waals surface area contributed by atoms with E-state index in [1.165, 1.54) is 0 Å². The Morgan fingerprint density at radius 1 is 1.09 bits per heavy atom. The number of pyridine rings is 1. The van der Waals surface area contributed by atoms with Gasteiger partial charge in [0.05, 0.1) is 10.6 Å². The first-order chi connectivity index (χ1) is 16.0. The SMILES string of the molecule is CC1=C(C(=O)Nc2ccccc2)C(c2cccnc2)n2nc(-c3ccc(Cl)cc3Cl)nc2N1. The topological polar surface area (TPSA) is 84.7 Å². The number of carbonyl (C=O) groups excluding carboxylic acids is 1. The summed E-state index contributed by atoms with van der Waals surface area (Å²) in [5, 5.41) is 11.9. The molecule has 0 spiro atoms. The minimum Gasteiger partial charge on any atom is -0.328 e. The van der Waals surface area contributed by atoms with E-state index in [0.29, 0.717) is 44.3 Å². The van der Waals surface area contributed by atoms with Gasteiger partial charge in [0.15, 0.2) is 5.82 Å². The van der Waals surface area contributed by atoms with Crippen LogP contribution in [0.4, 0.5) is 11.6 Å². The summed E-state index contributed by atoms with van der Waals surface area (Å²) >= 11 is 12.4. The molecule has 9 heteroatoms. The smallest absolute Gasteiger partial charge is 0.255 e. The molecular formula is C24H18Cl2N6O. The van der Waals surface area contributed by atoms with E-state index in [-0.39, 0.29) is 5.91 Å². The average molecular weight is 477 g/mol. The van der Waals surface area contributed by atoms with Gasteiger partial charge in [0.1, 0.15) is 6.04 Å². The molecule has 2 aromatic heterocycles. The van der Waals surface area contributed by atoms with Gasteiger partial charge < -0.3 is 10.6 Å². The zero-order chi connectivity index (χ0) is 22.9. The predicted octanol–water partition coefficient (Wildman–Crippen LogP) is 5.57. The van der Waals surface area contributed by atoms with Crippen molar-refractivity contribution in [2.24, 2.45) is 0 Å². The number of halogens is 2. The molecule has 0 saturated carbocycles. The Kier molecular flexibility index (Phi) is 5.58. The van der Waals surface area contributed by atoms with Crippen molar-refractivity contribution in [3.8, 4) is 11.4 Å². The largest absolute Gasteiger partial charge is 0.328 e. The van der Waals surface area contributed by atoms with Gasteiger partial charge in [0, 0.05) is 34.4 Å². The fraction of sp³-hybridized carbons (Fsp3) is 0.0833. The van der Waals surface area contributed by atoms with Crippen LogP contribution in [-0.2, 0) is 4.79 Å². The van der Waals surface area contributed by atoms with Crippen molar-refractivity contribution >= 4 is 40.7 Å². The summed E-state index contributed by atoms with van der Waals surface area (Å²) in [4.78, 5) is 22.3. The molecule has 5 rings (SSSR count). The Hall–Kier alpha value is -3.68. The highest BCUT2D eigenvalue weighted by Gasteiger charge is 2.34. The van der Waals surface area contributed by atoms with Crippen LogP contribution in [0.2, 0.25) is 10.0 Å². The number of anilines is 2. The Bertz CT molecular complexity index is 1370. The molecule has 1 atom stereocenters. The minimum atomic E-state index is -0.536. The van der Waals surface area contributed by atoms with Crippen LogP contribution in [0.15, 0.2) is 84.3 Å². The second-order valence-corrected chi connectivity index (χ2v) is 8.34. The lowest BCUT2D eigenvalue weighted by Gasteiger charge is -2.28. The van der Waals surface area contributed by atoms with E-state index in [1.807, 2.05) is 49.4 Å². The normalized spacial score (nSPS) is 15.1. The van der Waals surface area contributed by atoms with E-state index < -0.39 is 6.04 Å². The van der Waals surface area contributed by atoms with E-state index in [0.717, 1.165) is 5.56 Å². The summed E-state index contributed by atoms with van der Waals surface area (Å²) in [5.41, 5.74) is 3.33. The van der Waals surface area contributed by atoms with Crippen LogP contribution >= 0.6 is 23.2 Å². The molecule has 7 nitrogen and oxygen atoms in total. The van der Waals surface area contributed by atoms with E-state index in [4.69, 9.17) is 28.3 Å². The quantitative estimate of drug-likeness (QED) is 0.401. The highest BCUT2D eigenvalue weighted by molar-refractivity contribution is 6.36. The molecule has 0 aliphatic carbocycles. The number of amides is 1. The van der Waals surface area contributed by atoms with Crippen molar-refractivity contribution in [3.63, 3.8) is 0 Å². The number of nitrogens with one attached hydrogen (secondary N) is 2. The lowest BCUT2D eigenvalue weighted by molar-refractivity contribution is -0.113. The van der Waals surface area contributed by atoms with Crippen LogP contribution in [0.25, 0.3) is 11.4 Å². The number of benzene rings is 2. The summed E-state index contributed by atoms with van der Waals surface area (Å²) in [6, 6.07) is 17.7. The molecule has 3 heterocycles. The third-order valence-electron chi connectivity index (χ3n) is 5.30. The maximum Gasteiger partial charge on any atom is 0.255 e. The Morgan fingerprint density at radius 3 is 2.64 bits per heavy atom. The van der Waals surface area contributed by atoms with Crippen molar-refractivity contribution in [3.05, 3.63) is 99.9 Å². The Labute approximate surface area is 200 Å².